The summed E-state index contributed by atoms with van der Waals surface area (Å²) >= 11 is 3.33. The molecule has 0 atom stereocenters. The number of benzene rings is 1. The molecule has 0 amide bonds. The molecule has 1 aliphatic rings. The number of hydrogen-bond donors (Lipinski definition) is 1. The molecule has 0 aliphatic carbocycles. The van der Waals surface area contributed by atoms with E-state index in [1.165, 1.54) is 7.11 Å². The molecule has 2 rings (SSSR count). The molecule has 1 aliphatic heterocycles. The number of halogens is 1. The average Bonchev–Trinajstić information content (AvgIpc) is 2.48. The van der Waals surface area contributed by atoms with Gasteiger partial charge in [-0.15, -0.1) is 0 Å². The Kier molecular flexibility index (Phi) is 5.65. The van der Waals surface area contributed by atoms with Gasteiger partial charge in [-0.1, -0.05) is 0 Å². The van der Waals surface area contributed by atoms with Crippen molar-refractivity contribution >= 4 is 26.0 Å². The van der Waals surface area contributed by atoms with Crippen LogP contribution in [0.2, 0.25) is 0 Å². The molecule has 0 radical (unpaired) electrons. The van der Waals surface area contributed by atoms with Gasteiger partial charge in [-0.25, -0.2) is 8.42 Å². The Balaban J connectivity index is 2.19. The summed E-state index contributed by atoms with van der Waals surface area (Å²) in [6.07, 6.45) is 1.78. The van der Waals surface area contributed by atoms with Crippen molar-refractivity contribution in [3.8, 4) is 5.75 Å². The lowest BCUT2D eigenvalue weighted by molar-refractivity contribution is 0.270. The minimum absolute atomic E-state index is 0.272. The largest absolute Gasteiger partial charge is 0.497 e. The quantitative estimate of drug-likeness (QED) is 0.854. The summed E-state index contributed by atoms with van der Waals surface area (Å²) in [6, 6.07) is 5.01. The Morgan fingerprint density at radius 1 is 1.38 bits per heavy atom. The lowest BCUT2D eigenvalue weighted by Crippen LogP contribution is -2.40. The van der Waals surface area contributed by atoms with Crippen molar-refractivity contribution in [1.29, 1.82) is 0 Å². The number of rotatable bonds is 5. The predicted octanol–water partition coefficient (Wildman–Crippen LogP) is 2.08. The number of nitrogens with one attached hydrogen (secondary N) is 1. The second-order valence-electron chi connectivity index (χ2n) is 5.20. The van der Waals surface area contributed by atoms with E-state index in [9.17, 15) is 8.42 Å². The van der Waals surface area contributed by atoms with Gasteiger partial charge in [0.2, 0.25) is 10.0 Å². The van der Waals surface area contributed by atoms with Crippen molar-refractivity contribution in [3.63, 3.8) is 0 Å². The normalized spacial score (nSPS) is 17.9. The van der Waals surface area contributed by atoms with Crippen LogP contribution < -0.4 is 10.1 Å². The van der Waals surface area contributed by atoms with Crippen LogP contribution in [0.4, 0.5) is 0 Å². The zero-order valence-electron chi connectivity index (χ0n) is 12.3. The van der Waals surface area contributed by atoms with E-state index in [-0.39, 0.29) is 4.90 Å². The molecule has 1 saturated heterocycles. The van der Waals surface area contributed by atoms with E-state index in [4.69, 9.17) is 4.74 Å². The van der Waals surface area contributed by atoms with E-state index in [0.717, 1.165) is 19.4 Å². The van der Waals surface area contributed by atoms with Crippen molar-refractivity contribution < 1.29 is 13.2 Å². The van der Waals surface area contributed by atoms with Gasteiger partial charge in [0.1, 0.15) is 10.6 Å². The number of hydrogen-bond acceptors (Lipinski definition) is 4. The van der Waals surface area contributed by atoms with E-state index in [2.05, 4.69) is 21.2 Å². The lowest BCUT2D eigenvalue weighted by Gasteiger charge is -2.31. The minimum Gasteiger partial charge on any atom is -0.497 e. The summed E-state index contributed by atoms with van der Waals surface area (Å²) < 4.78 is 32.8. The first-order valence-corrected chi connectivity index (χ1v) is 9.20. The fourth-order valence-electron chi connectivity index (χ4n) is 2.59. The van der Waals surface area contributed by atoms with E-state index in [0.29, 0.717) is 29.2 Å². The highest BCUT2D eigenvalue weighted by Gasteiger charge is 2.30. The van der Waals surface area contributed by atoms with Crippen LogP contribution in [0.3, 0.4) is 0 Å². The maximum absolute atomic E-state index is 12.8. The molecule has 0 aromatic heterocycles. The molecule has 118 valence electrons. The number of sulfonamides is 1. The topological polar surface area (TPSA) is 58.6 Å². The molecule has 0 unspecified atom stereocenters. The van der Waals surface area contributed by atoms with Crippen LogP contribution in [0.5, 0.6) is 5.75 Å². The molecule has 1 N–H and O–H groups in total. The minimum atomic E-state index is -3.48. The zero-order chi connectivity index (χ0) is 15.5. The number of methoxy groups -OCH3 is 1. The van der Waals surface area contributed by atoms with Crippen molar-refractivity contribution in [1.82, 2.24) is 9.62 Å². The van der Waals surface area contributed by atoms with Gasteiger partial charge in [-0.2, -0.15) is 4.31 Å². The fraction of sp³-hybridized carbons (Fsp3) is 0.571. The standard InChI is InChI=1S/C14H21BrN2O3S/c1-16-10-11-5-7-17(8-6-11)21(18,19)14-9-12(20-2)3-4-13(14)15/h3-4,9,11,16H,5-8,10H2,1-2H3. The van der Waals surface area contributed by atoms with E-state index >= 15 is 0 Å². The highest BCUT2D eigenvalue weighted by Crippen LogP contribution is 2.31. The Hall–Kier alpha value is -0.630. The smallest absolute Gasteiger partial charge is 0.244 e. The summed E-state index contributed by atoms with van der Waals surface area (Å²) in [5.41, 5.74) is 0. The van der Waals surface area contributed by atoms with Crippen molar-refractivity contribution in [2.45, 2.75) is 17.7 Å². The van der Waals surface area contributed by atoms with Gasteiger partial charge in [0, 0.05) is 23.6 Å². The van der Waals surface area contributed by atoms with Crippen LogP contribution in [0.15, 0.2) is 27.6 Å². The molecular formula is C14H21BrN2O3S. The van der Waals surface area contributed by atoms with Crippen LogP contribution in [0, 0.1) is 5.92 Å². The highest BCUT2D eigenvalue weighted by atomic mass is 79.9. The van der Waals surface area contributed by atoms with Gasteiger partial charge in [0.15, 0.2) is 0 Å². The molecule has 1 aromatic rings. The van der Waals surface area contributed by atoms with Crippen LogP contribution in [0.25, 0.3) is 0 Å². The maximum Gasteiger partial charge on any atom is 0.244 e. The Morgan fingerprint density at radius 2 is 2.05 bits per heavy atom. The van der Waals surface area contributed by atoms with Crippen LogP contribution in [-0.2, 0) is 10.0 Å². The second kappa shape index (κ2) is 7.09. The van der Waals surface area contributed by atoms with Crippen LogP contribution in [-0.4, -0.2) is 46.5 Å². The second-order valence-corrected chi connectivity index (χ2v) is 7.96. The van der Waals surface area contributed by atoms with Gasteiger partial charge >= 0.3 is 0 Å². The first kappa shape index (κ1) is 16.7. The molecule has 1 fully saturated rings. The van der Waals surface area contributed by atoms with E-state index in [1.54, 1.807) is 22.5 Å². The third-order valence-electron chi connectivity index (χ3n) is 3.82. The molecule has 0 spiro atoms. The summed E-state index contributed by atoms with van der Waals surface area (Å²) in [5, 5.41) is 3.15. The van der Waals surface area contributed by atoms with Gasteiger partial charge in [-0.05, 0) is 60.4 Å². The van der Waals surface area contributed by atoms with Crippen molar-refractivity contribution in [2.24, 2.45) is 5.92 Å². The molecule has 1 aromatic carbocycles. The Bertz CT molecular complexity index is 584. The van der Waals surface area contributed by atoms with Crippen LogP contribution >= 0.6 is 15.9 Å². The molecule has 5 nitrogen and oxygen atoms in total. The SMILES string of the molecule is CNCC1CCN(S(=O)(=O)c2cc(OC)ccc2Br)CC1. The first-order valence-electron chi connectivity index (χ1n) is 6.97. The highest BCUT2D eigenvalue weighted by molar-refractivity contribution is 9.10. The molecule has 21 heavy (non-hydrogen) atoms. The molecule has 0 bridgehead atoms. The summed E-state index contributed by atoms with van der Waals surface area (Å²) in [7, 11) is -0.0199. The predicted molar refractivity (Wildman–Crippen MR) is 86.1 cm³/mol. The Morgan fingerprint density at radius 3 is 2.62 bits per heavy atom. The van der Waals surface area contributed by atoms with Gasteiger partial charge in [0.05, 0.1) is 7.11 Å². The summed E-state index contributed by atoms with van der Waals surface area (Å²) in [6.45, 7) is 2.08. The number of piperidine rings is 1. The molecule has 0 saturated carbocycles. The lowest BCUT2D eigenvalue weighted by atomic mass is 9.98. The molecule has 1 heterocycles. The average molecular weight is 377 g/mol. The van der Waals surface area contributed by atoms with Gasteiger partial charge in [-0.3, -0.25) is 0 Å². The number of ether oxygens (including phenoxy) is 1. The fourth-order valence-corrected chi connectivity index (χ4v) is 5.00. The van der Waals surface area contributed by atoms with Gasteiger partial charge < -0.3 is 10.1 Å². The van der Waals surface area contributed by atoms with E-state index < -0.39 is 10.0 Å². The Labute approximate surface area is 134 Å². The van der Waals surface area contributed by atoms with E-state index in [1.807, 2.05) is 7.05 Å². The first-order chi connectivity index (χ1) is 9.98. The zero-order valence-corrected chi connectivity index (χ0v) is 14.7. The van der Waals surface area contributed by atoms with Gasteiger partial charge in [0.25, 0.3) is 0 Å². The summed E-state index contributed by atoms with van der Waals surface area (Å²) in [5.74, 6) is 1.09. The third-order valence-corrected chi connectivity index (χ3v) is 6.72. The van der Waals surface area contributed by atoms with Crippen molar-refractivity contribution in [2.75, 3.05) is 33.8 Å². The van der Waals surface area contributed by atoms with Crippen molar-refractivity contribution in [3.05, 3.63) is 22.7 Å². The summed E-state index contributed by atoms with van der Waals surface area (Å²) in [4.78, 5) is 0.272. The molecule has 7 heteroatoms. The maximum atomic E-state index is 12.8. The third kappa shape index (κ3) is 3.77. The monoisotopic (exact) mass is 376 g/mol. The van der Waals surface area contributed by atoms with Crippen LogP contribution in [0.1, 0.15) is 12.8 Å². The molecular weight excluding hydrogens is 356 g/mol. The number of nitrogens with zero attached hydrogens (tertiary/aromatic N) is 1.